The van der Waals surface area contributed by atoms with Gasteiger partial charge in [-0.05, 0) is 42.8 Å². The number of furan rings is 1. The smallest absolute Gasteiger partial charge is 0.291 e. The standard InChI is InChI=1S/C20H25BrN2O5/c1-4-26-16-12-15(23-6-8-25-9-7-23)17(27-5-2)11-14(16)22-20(24)19-13(3)10-18(21)28-19/h10-12H,4-9H2,1-3H3,(H,22,24). The summed E-state index contributed by atoms with van der Waals surface area (Å²) in [5.74, 6) is 1.19. The summed E-state index contributed by atoms with van der Waals surface area (Å²) in [7, 11) is 0. The Kier molecular flexibility index (Phi) is 6.85. The van der Waals surface area contributed by atoms with Gasteiger partial charge in [-0.15, -0.1) is 0 Å². The highest BCUT2D eigenvalue weighted by molar-refractivity contribution is 9.10. The van der Waals surface area contributed by atoms with E-state index in [1.807, 2.05) is 32.9 Å². The number of aryl methyl sites for hydroxylation is 1. The van der Waals surface area contributed by atoms with Crippen LogP contribution in [0.2, 0.25) is 0 Å². The highest BCUT2D eigenvalue weighted by Crippen LogP contribution is 2.39. The van der Waals surface area contributed by atoms with Gasteiger partial charge in [0.25, 0.3) is 5.91 Å². The Morgan fingerprint density at radius 2 is 1.82 bits per heavy atom. The average Bonchev–Trinajstić information content (AvgIpc) is 3.03. The quantitative estimate of drug-likeness (QED) is 0.677. The van der Waals surface area contributed by atoms with Gasteiger partial charge >= 0.3 is 0 Å². The summed E-state index contributed by atoms with van der Waals surface area (Å²) in [4.78, 5) is 14.9. The van der Waals surface area contributed by atoms with Gasteiger partial charge in [0, 0.05) is 30.8 Å². The molecular weight excluding hydrogens is 428 g/mol. The molecule has 1 saturated heterocycles. The minimum absolute atomic E-state index is 0.254. The Balaban J connectivity index is 1.95. The molecule has 2 aromatic rings. The number of carbonyl (C=O) groups excluding carboxylic acids is 1. The summed E-state index contributed by atoms with van der Waals surface area (Å²) in [6, 6.07) is 5.48. The van der Waals surface area contributed by atoms with Gasteiger partial charge in [-0.1, -0.05) is 0 Å². The van der Waals surface area contributed by atoms with Gasteiger partial charge in [0.1, 0.15) is 11.5 Å². The van der Waals surface area contributed by atoms with E-state index in [2.05, 4.69) is 26.1 Å². The lowest BCUT2D eigenvalue weighted by atomic mass is 10.2. The van der Waals surface area contributed by atoms with E-state index in [1.165, 1.54) is 0 Å². The Bertz CT molecular complexity index is 830. The van der Waals surface area contributed by atoms with E-state index in [1.54, 1.807) is 6.07 Å². The molecule has 0 bridgehead atoms. The number of nitrogens with one attached hydrogen (secondary N) is 1. The number of halogens is 1. The zero-order valence-electron chi connectivity index (χ0n) is 16.3. The molecular formula is C20H25BrN2O5. The van der Waals surface area contributed by atoms with Gasteiger partial charge in [-0.2, -0.15) is 0 Å². The monoisotopic (exact) mass is 452 g/mol. The van der Waals surface area contributed by atoms with Crippen molar-refractivity contribution in [2.45, 2.75) is 20.8 Å². The summed E-state index contributed by atoms with van der Waals surface area (Å²) in [5, 5.41) is 2.89. The molecule has 7 nitrogen and oxygen atoms in total. The first kappa shape index (κ1) is 20.5. The van der Waals surface area contributed by atoms with E-state index in [9.17, 15) is 4.79 Å². The van der Waals surface area contributed by atoms with Crippen LogP contribution in [0.15, 0.2) is 27.3 Å². The van der Waals surface area contributed by atoms with Crippen molar-refractivity contribution in [1.29, 1.82) is 0 Å². The summed E-state index contributed by atoms with van der Waals surface area (Å²) in [6.45, 7) is 9.54. The third-order valence-electron chi connectivity index (χ3n) is 4.35. The van der Waals surface area contributed by atoms with E-state index in [-0.39, 0.29) is 11.7 Å². The Morgan fingerprint density at radius 3 is 2.43 bits per heavy atom. The molecule has 1 fully saturated rings. The Hall–Kier alpha value is -2.19. The zero-order valence-corrected chi connectivity index (χ0v) is 17.9. The van der Waals surface area contributed by atoms with Crippen molar-refractivity contribution in [3.8, 4) is 11.5 Å². The highest BCUT2D eigenvalue weighted by Gasteiger charge is 2.22. The Morgan fingerprint density at radius 1 is 1.14 bits per heavy atom. The predicted molar refractivity (Wildman–Crippen MR) is 111 cm³/mol. The molecule has 3 rings (SSSR count). The van der Waals surface area contributed by atoms with Crippen LogP contribution in [0.1, 0.15) is 30.0 Å². The first-order valence-corrected chi connectivity index (χ1v) is 10.2. The second kappa shape index (κ2) is 9.34. The lowest BCUT2D eigenvalue weighted by molar-refractivity contribution is 0.0994. The highest BCUT2D eigenvalue weighted by atomic mass is 79.9. The number of morpholine rings is 1. The summed E-state index contributed by atoms with van der Waals surface area (Å²) >= 11 is 3.25. The average molecular weight is 453 g/mol. The molecule has 0 aliphatic carbocycles. The maximum Gasteiger partial charge on any atom is 0.291 e. The Labute approximate surface area is 173 Å². The molecule has 1 aliphatic rings. The molecule has 8 heteroatoms. The van der Waals surface area contributed by atoms with Crippen molar-refractivity contribution >= 4 is 33.2 Å². The van der Waals surface area contributed by atoms with Gasteiger partial charge in [0.2, 0.25) is 0 Å². The van der Waals surface area contributed by atoms with Crippen molar-refractivity contribution in [3.05, 3.63) is 34.2 Å². The van der Waals surface area contributed by atoms with E-state index < -0.39 is 0 Å². The van der Waals surface area contributed by atoms with E-state index in [0.29, 0.717) is 48.3 Å². The third-order valence-corrected chi connectivity index (χ3v) is 4.75. The van der Waals surface area contributed by atoms with Crippen molar-refractivity contribution < 1.29 is 23.4 Å². The summed E-state index contributed by atoms with van der Waals surface area (Å²) in [6.07, 6.45) is 0. The molecule has 0 saturated carbocycles. The molecule has 152 valence electrons. The normalized spacial score (nSPS) is 14.1. The maximum atomic E-state index is 12.7. The molecule has 1 aromatic heterocycles. The van der Waals surface area contributed by atoms with E-state index in [4.69, 9.17) is 18.6 Å². The van der Waals surface area contributed by atoms with Gasteiger partial charge in [-0.3, -0.25) is 4.79 Å². The number of hydrogen-bond donors (Lipinski definition) is 1. The minimum Gasteiger partial charge on any atom is -0.492 e. The minimum atomic E-state index is -0.342. The molecule has 0 spiro atoms. The molecule has 2 heterocycles. The zero-order chi connectivity index (χ0) is 20.1. The predicted octanol–water partition coefficient (Wildman–Crippen LogP) is 4.24. The SMILES string of the molecule is CCOc1cc(N2CCOCC2)c(OCC)cc1NC(=O)c1oc(Br)cc1C. The van der Waals surface area contributed by atoms with Crippen LogP contribution in [0.5, 0.6) is 11.5 Å². The largest absolute Gasteiger partial charge is 0.492 e. The summed E-state index contributed by atoms with van der Waals surface area (Å²) in [5.41, 5.74) is 2.22. The van der Waals surface area contributed by atoms with Crippen LogP contribution in [0.3, 0.4) is 0 Å². The summed E-state index contributed by atoms with van der Waals surface area (Å²) < 4.78 is 23.1. The lowest BCUT2D eigenvalue weighted by Gasteiger charge is -2.31. The van der Waals surface area contributed by atoms with Crippen LogP contribution in [0, 0.1) is 6.92 Å². The molecule has 1 N–H and O–H groups in total. The number of ether oxygens (including phenoxy) is 3. The van der Waals surface area contributed by atoms with Crippen LogP contribution in [-0.2, 0) is 4.74 Å². The van der Waals surface area contributed by atoms with Crippen LogP contribution in [-0.4, -0.2) is 45.4 Å². The second-order valence-corrected chi connectivity index (χ2v) is 7.08. The van der Waals surface area contributed by atoms with Crippen molar-refractivity contribution in [1.82, 2.24) is 0 Å². The number of amides is 1. The fourth-order valence-corrected chi connectivity index (χ4v) is 3.60. The van der Waals surface area contributed by atoms with Crippen LogP contribution in [0.25, 0.3) is 0 Å². The number of anilines is 2. The van der Waals surface area contributed by atoms with E-state index in [0.717, 1.165) is 24.3 Å². The number of nitrogens with zero attached hydrogens (tertiary/aromatic N) is 1. The first-order valence-electron chi connectivity index (χ1n) is 9.37. The molecule has 0 atom stereocenters. The fraction of sp³-hybridized carbons (Fsp3) is 0.450. The fourth-order valence-electron chi connectivity index (χ4n) is 3.09. The molecule has 0 unspecified atom stereocenters. The molecule has 0 radical (unpaired) electrons. The number of benzene rings is 1. The topological polar surface area (TPSA) is 73.2 Å². The van der Waals surface area contributed by atoms with Crippen molar-refractivity contribution in [2.75, 3.05) is 49.7 Å². The van der Waals surface area contributed by atoms with Gasteiger partial charge in [0.05, 0.1) is 37.8 Å². The van der Waals surface area contributed by atoms with Crippen LogP contribution in [0.4, 0.5) is 11.4 Å². The maximum absolute atomic E-state index is 12.7. The number of rotatable bonds is 7. The first-order chi connectivity index (χ1) is 13.5. The third kappa shape index (κ3) is 4.62. The molecule has 1 aromatic carbocycles. The molecule has 1 aliphatic heterocycles. The van der Waals surface area contributed by atoms with Crippen molar-refractivity contribution in [2.24, 2.45) is 0 Å². The molecule has 28 heavy (non-hydrogen) atoms. The second-order valence-electron chi connectivity index (χ2n) is 6.30. The van der Waals surface area contributed by atoms with Gasteiger partial charge < -0.3 is 28.8 Å². The van der Waals surface area contributed by atoms with Crippen LogP contribution < -0.4 is 19.7 Å². The van der Waals surface area contributed by atoms with E-state index >= 15 is 0 Å². The van der Waals surface area contributed by atoms with Gasteiger partial charge in [-0.25, -0.2) is 0 Å². The number of hydrogen-bond acceptors (Lipinski definition) is 6. The molecule has 1 amide bonds. The number of carbonyl (C=O) groups is 1. The van der Waals surface area contributed by atoms with Crippen molar-refractivity contribution in [3.63, 3.8) is 0 Å². The lowest BCUT2D eigenvalue weighted by Crippen LogP contribution is -2.36. The van der Waals surface area contributed by atoms with Crippen LogP contribution >= 0.6 is 15.9 Å². The van der Waals surface area contributed by atoms with Gasteiger partial charge in [0.15, 0.2) is 10.4 Å².